The molecule has 34 heavy (non-hydrogen) atoms. The van der Waals surface area contributed by atoms with Crippen molar-refractivity contribution in [3.8, 4) is 11.5 Å². The fraction of sp³-hybridized carbons (Fsp3) is 0.600. The molecule has 0 spiro atoms. The molecule has 0 radical (unpaired) electrons. The Balaban J connectivity index is 2.83. The largest absolute Gasteiger partial charge is 0.459 e. The minimum Gasteiger partial charge on any atom is -0.459 e. The summed E-state index contributed by atoms with van der Waals surface area (Å²) in [5.41, 5.74) is 6.61. The van der Waals surface area contributed by atoms with Gasteiger partial charge >= 0.3 is 23.9 Å². The van der Waals surface area contributed by atoms with Crippen LogP contribution in [0, 0.1) is 11.8 Å². The van der Waals surface area contributed by atoms with Crippen LogP contribution in [0.3, 0.4) is 0 Å². The van der Waals surface area contributed by atoms with Crippen molar-refractivity contribution >= 4 is 23.9 Å². The average Bonchev–Trinajstić information content (AvgIpc) is 2.79. The molecule has 0 saturated carbocycles. The highest BCUT2D eigenvalue weighted by molar-refractivity contribution is 5.77. The lowest BCUT2D eigenvalue weighted by molar-refractivity contribution is -0.169. The van der Waals surface area contributed by atoms with Crippen LogP contribution in [-0.4, -0.2) is 42.1 Å². The predicted molar refractivity (Wildman–Crippen MR) is 125 cm³/mol. The van der Waals surface area contributed by atoms with Crippen molar-refractivity contribution < 1.29 is 38.1 Å². The van der Waals surface area contributed by atoms with Crippen molar-refractivity contribution in [1.29, 1.82) is 0 Å². The van der Waals surface area contributed by atoms with E-state index >= 15 is 0 Å². The van der Waals surface area contributed by atoms with Gasteiger partial charge in [-0.3, -0.25) is 19.2 Å². The summed E-state index contributed by atoms with van der Waals surface area (Å²) in [7, 11) is 0. The summed E-state index contributed by atoms with van der Waals surface area (Å²) >= 11 is 0. The summed E-state index contributed by atoms with van der Waals surface area (Å²) in [6.45, 7) is 12.2. The van der Waals surface area contributed by atoms with Crippen LogP contribution in [0.2, 0.25) is 0 Å². The Morgan fingerprint density at radius 2 is 1.29 bits per heavy atom. The summed E-state index contributed by atoms with van der Waals surface area (Å²) in [5, 5.41) is 0. The first kappa shape index (κ1) is 29.1. The Hall–Kier alpha value is -2.94. The SMILES string of the molecule is CCC(=O)Oc1ccc(C[C@H](N)C(=O)O[C@@H](C)[C@H](C)OC(=O)C(C)C(C)C)cc1OC(=O)CC. The van der Waals surface area contributed by atoms with E-state index in [-0.39, 0.29) is 48.6 Å². The molecule has 0 fully saturated rings. The van der Waals surface area contributed by atoms with E-state index in [4.69, 9.17) is 24.7 Å². The van der Waals surface area contributed by atoms with Crippen molar-refractivity contribution in [2.75, 3.05) is 0 Å². The third kappa shape index (κ3) is 9.13. The molecule has 9 heteroatoms. The molecule has 1 aromatic rings. The summed E-state index contributed by atoms with van der Waals surface area (Å²) in [6, 6.07) is 3.59. The topological polar surface area (TPSA) is 131 Å². The zero-order valence-corrected chi connectivity index (χ0v) is 21.1. The van der Waals surface area contributed by atoms with Crippen molar-refractivity contribution in [3.63, 3.8) is 0 Å². The van der Waals surface area contributed by atoms with Crippen LogP contribution in [0.4, 0.5) is 0 Å². The van der Waals surface area contributed by atoms with E-state index in [0.29, 0.717) is 5.56 Å². The fourth-order valence-corrected chi connectivity index (χ4v) is 2.60. The lowest BCUT2D eigenvalue weighted by Crippen LogP contribution is -2.40. The smallest absolute Gasteiger partial charge is 0.323 e. The monoisotopic (exact) mass is 479 g/mol. The van der Waals surface area contributed by atoms with E-state index in [0.717, 1.165) is 0 Å². The van der Waals surface area contributed by atoms with Crippen molar-refractivity contribution in [3.05, 3.63) is 23.8 Å². The molecule has 0 aliphatic heterocycles. The van der Waals surface area contributed by atoms with Gasteiger partial charge in [-0.15, -0.1) is 0 Å². The highest BCUT2D eigenvalue weighted by atomic mass is 16.6. The maximum absolute atomic E-state index is 12.5. The first-order valence-electron chi connectivity index (χ1n) is 11.6. The van der Waals surface area contributed by atoms with Gasteiger partial charge < -0.3 is 24.7 Å². The number of hydrogen-bond acceptors (Lipinski definition) is 9. The third-order valence-electron chi connectivity index (χ3n) is 5.43. The van der Waals surface area contributed by atoms with Gasteiger partial charge in [-0.05, 0) is 43.9 Å². The van der Waals surface area contributed by atoms with Crippen molar-refractivity contribution in [1.82, 2.24) is 0 Å². The molecule has 0 saturated heterocycles. The van der Waals surface area contributed by atoms with Crippen LogP contribution >= 0.6 is 0 Å². The molecule has 2 N–H and O–H groups in total. The molecular weight excluding hydrogens is 442 g/mol. The second-order valence-electron chi connectivity index (χ2n) is 8.56. The number of carbonyl (C=O) groups is 4. The van der Waals surface area contributed by atoms with Gasteiger partial charge in [-0.2, -0.15) is 0 Å². The second-order valence-corrected chi connectivity index (χ2v) is 8.56. The minimum absolute atomic E-state index is 0.0693. The van der Waals surface area contributed by atoms with Crippen molar-refractivity contribution in [2.24, 2.45) is 17.6 Å². The van der Waals surface area contributed by atoms with Gasteiger partial charge in [-0.1, -0.05) is 40.7 Å². The number of rotatable bonds is 12. The zero-order valence-electron chi connectivity index (χ0n) is 21.1. The maximum Gasteiger partial charge on any atom is 0.323 e. The molecule has 0 heterocycles. The van der Waals surface area contributed by atoms with Gasteiger partial charge in [0.15, 0.2) is 11.5 Å². The van der Waals surface area contributed by atoms with Gasteiger partial charge in [-0.25, -0.2) is 0 Å². The Morgan fingerprint density at radius 3 is 1.79 bits per heavy atom. The van der Waals surface area contributed by atoms with Gasteiger partial charge in [0.1, 0.15) is 18.2 Å². The number of carbonyl (C=O) groups excluding carboxylic acids is 4. The number of hydrogen-bond donors (Lipinski definition) is 1. The molecule has 0 aliphatic rings. The zero-order chi connectivity index (χ0) is 26.0. The minimum atomic E-state index is -1.02. The summed E-state index contributed by atoms with van der Waals surface area (Å²) < 4.78 is 21.3. The highest BCUT2D eigenvalue weighted by Gasteiger charge is 2.27. The molecular formula is C25H37NO8. The molecule has 0 amide bonds. The Labute approximate surface area is 201 Å². The van der Waals surface area contributed by atoms with Crippen LogP contribution in [0.1, 0.15) is 66.9 Å². The molecule has 9 nitrogen and oxygen atoms in total. The predicted octanol–water partition coefficient (Wildman–Crippen LogP) is 3.34. The van der Waals surface area contributed by atoms with E-state index in [2.05, 4.69) is 0 Å². The molecule has 4 atom stereocenters. The number of ether oxygens (including phenoxy) is 4. The van der Waals surface area contributed by atoms with Crippen molar-refractivity contribution in [2.45, 2.75) is 86.0 Å². The Kier molecular flexibility index (Phi) is 11.7. The van der Waals surface area contributed by atoms with Crippen LogP contribution in [-0.2, 0) is 35.1 Å². The van der Waals surface area contributed by atoms with E-state index in [1.807, 2.05) is 13.8 Å². The molecule has 0 bridgehead atoms. The standard InChI is InChI=1S/C25H37NO8/c1-8-22(27)33-20-11-10-18(13-21(20)34-23(28)9-2)12-19(26)25(30)32-17(7)16(6)31-24(29)15(5)14(3)4/h10-11,13-17,19H,8-9,12,26H2,1-7H3/t15?,16-,17-,19-/m0/s1. The Bertz CT molecular complexity index is 866. The summed E-state index contributed by atoms with van der Waals surface area (Å²) in [5.74, 6) is -1.97. The molecule has 0 aliphatic carbocycles. The van der Waals surface area contributed by atoms with E-state index in [1.54, 1.807) is 40.7 Å². The van der Waals surface area contributed by atoms with Crippen LogP contribution < -0.4 is 15.2 Å². The second kappa shape index (κ2) is 13.7. The van der Waals surface area contributed by atoms with Crippen LogP contribution in [0.5, 0.6) is 11.5 Å². The highest BCUT2D eigenvalue weighted by Crippen LogP contribution is 2.30. The van der Waals surface area contributed by atoms with Gasteiger partial charge in [0.05, 0.1) is 5.92 Å². The number of esters is 4. The van der Waals surface area contributed by atoms with Crippen LogP contribution in [0.25, 0.3) is 0 Å². The summed E-state index contributed by atoms with van der Waals surface area (Å²) in [4.78, 5) is 48.1. The van der Waals surface area contributed by atoms with E-state index in [9.17, 15) is 19.2 Å². The van der Waals surface area contributed by atoms with Gasteiger partial charge in [0.2, 0.25) is 0 Å². The van der Waals surface area contributed by atoms with E-state index < -0.39 is 36.2 Å². The first-order valence-corrected chi connectivity index (χ1v) is 11.6. The summed E-state index contributed by atoms with van der Waals surface area (Å²) in [6.07, 6.45) is -0.963. The molecule has 1 aromatic carbocycles. The number of nitrogens with two attached hydrogens (primary N) is 1. The average molecular weight is 480 g/mol. The normalized spacial score (nSPS) is 14.5. The molecule has 1 rings (SSSR count). The Morgan fingerprint density at radius 1 is 0.794 bits per heavy atom. The fourth-order valence-electron chi connectivity index (χ4n) is 2.60. The van der Waals surface area contributed by atoms with Crippen LogP contribution in [0.15, 0.2) is 18.2 Å². The lowest BCUT2D eigenvalue weighted by Gasteiger charge is -2.24. The number of benzene rings is 1. The first-order chi connectivity index (χ1) is 15.9. The third-order valence-corrected chi connectivity index (χ3v) is 5.43. The lowest BCUT2D eigenvalue weighted by atomic mass is 9.98. The molecule has 190 valence electrons. The van der Waals surface area contributed by atoms with E-state index in [1.165, 1.54) is 12.1 Å². The quantitative estimate of drug-likeness (QED) is 0.354. The molecule has 1 unspecified atom stereocenters. The van der Waals surface area contributed by atoms with Gasteiger partial charge in [0.25, 0.3) is 0 Å². The molecule has 0 aromatic heterocycles. The maximum atomic E-state index is 12.5. The van der Waals surface area contributed by atoms with Gasteiger partial charge in [0, 0.05) is 12.8 Å².